The van der Waals surface area contributed by atoms with Gasteiger partial charge in [0.1, 0.15) is 18.2 Å². The average Bonchev–Trinajstić information content (AvgIpc) is 2.64. The molecular formula is C19H22FN3O3. The van der Waals surface area contributed by atoms with Crippen LogP contribution in [0, 0.1) is 5.82 Å². The molecule has 2 aromatic carbocycles. The largest absolute Gasteiger partial charge is 0.489 e. The monoisotopic (exact) mass is 359 g/mol. The van der Waals surface area contributed by atoms with Crippen LogP contribution in [0.4, 0.5) is 14.9 Å². The maximum atomic E-state index is 12.9. The molecule has 3 amide bonds. The van der Waals surface area contributed by atoms with Crippen molar-refractivity contribution in [2.24, 2.45) is 0 Å². The highest BCUT2D eigenvalue weighted by Crippen LogP contribution is 2.18. The van der Waals surface area contributed by atoms with Crippen LogP contribution in [0.3, 0.4) is 0 Å². The minimum absolute atomic E-state index is 0.0907. The van der Waals surface area contributed by atoms with Crippen molar-refractivity contribution in [1.82, 2.24) is 10.6 Å². The van der Waals surface area contributed by atoms with Gasteiger partial charge < -0.3 is 20.7 Å². The fourth-order valence-corrected chi connectivity index (χ4v) is 2.07. The van der Waals surface area contributed by atoms with Crippen molar-refractivity contribution in [2.75, 3.05) is 18.4 Å². The van der Waals surface area contributed by atoms with Gasteiger partial charge >= 0.3 is 6.03 Å². The van der Waals surface area contributed by atoms with Crippen LogP contribution in [0.25, 0.3) is 0 Å². The number of ether oxygens (including phenoxy) is 1. The van der Waals surface area contributed by atoms with Crippen LogP contribution in [-0.4, -0.2) is 25.0 Å². The summed E-state index contributed by atoms with van der Waals surface area (Å²) in [5.74, 6) is 0.0283. The molecule has 0 saturated carbocycles. The summed E-state index contributed by atoms with van der Waals surface area (Å²) in [5, 5.41) is 7.80. The second-order valence-corrected chi connectivity index (χ2v) is 5.60. The predicted molar refractivity (Wildman–Crippen MR) is 97.5 cm³/mol. The number of rotatable bonds is 8. The zero-order valence-electron chi connectivity index (χ0n) is 14.5. The fourth-order valence-electron chi connectivity index (χ4n) is 2.07. The molecule has 0 heterocycles. The highest BCUT2D eigenvalue weighted by molar-refractivity contribution is 5.92. The van der Waals surface area contributed by atoms with E-state index in [1.165, 1.54) is 12.1 Å². The van der Waals surface area contributed by atoms with Gasteiger partial charge in [0.2, 0.25) is 5.91 Å². The number of carbonyl (C=O) groups excluding carboxylic acids is 2. The lowest BCUT2D eigenvalue weighted by molar-refractivity contribution is -0.120. The Bertz CT molecular complexity index is 735. The van der Waals surface area contributed by atoms with Crippen molar-refractivity contribution >= 4 is 17.6 Å². The fraction of sp³-hybridized carbons (Fsp3) is 0.263. The molecule has 26 heavy (non-hydrogen) atoms. The number of urea groups is 1. The van der Waals surface area contributed by atoms with Gasteiger partial charge in [-0.3, -0.25) is 4.79 Å². The topological polar surface area (TPSA) is 79.5 Å². The molecule has 3 N–H and O–H groups in total. The Morgan fingerprint density at radius 2 is 1.85 bits per heavy atom. The Balaban J connectivity index is 1.81. The predicted octanol–water partition coefficient (Wildman–Crippen LogP) is 3.05. The Labute approximate surface area is 151 Å². The van der Waals surface area contributed by atoms with E-state index in [2.05, 4.69) is 16.0 Å². The van der Waals surface area contributed by atoms with Crippen molar-refractivity contribution < 1.29 is 18.7 Å². The number of carbonyl (C=O) groups is 2. The van der Waals surface area contributed by atoms with Crippen LogP contribution in [0.1, 0.15) is 18.9 Å². The number of amides is 3. The van der Waals surface area contributed by atoms with E-state index in [0.717, 1.165) is 12.0 Å². The minimum Gasteiger partial charge on any atom is -0.489 e. The first-order chi connectivity index (χ1) is 12.6. The van der Waals surface area contributed by atoms with Crippen LogP contribution in [0.2, 0.25) is 0 Å². The highest BCUT2D eigenvalue weighted by Gasteiger charge is 2.06. The first-order valence-electron chi connectivity index (χ1n) is 8.35. The van der Waals surface area contributed by atoms with E-state index in [1.807, 2.05) is 6.92 Å². The molecule has 138 valence electrons. The molecule has 0 radical (unpaired) electrons. The summed E-state index contributed by atoms with van der Waals surface area (Å²) in [7, 11) is 0. The van der Waals surface area contributed by atoms with Gasteiger partial charge in [0, 0.05) is 18.3 Å². The lowest BCUT2D eigenvalue weighted by Crippen LogP contribution is -2.39. The Kier molecular flexibility index (Phi) is 7.42. The van der Waals surface area contributed by atoms with Gasteiger partial charge in [0.15, 0.2) is 0 Å². The molecule has 0 unspecified atom stereocenters. The van der Waals surface area contributed by atoms with Gasteiger partial charge in [0.25, 0.3) is 0 Å². The first kappa shape index (κ1) is 19.2. The van der Waals surface area contributed by atoms with Crippen LogP contribution in [0.5, 0.6) is 5.75 Å². The molecule has 0 saturated heterocycles. The smallest absolute Gasteiger partial charge is 0.319 e. The summed E-state index contributed by atoms with van der Waals surface area (Å²) in [6, 6.07) is 12.4. The number of halogens is 1. The normalized spacial score (nSPS) is 10.1. The number of nitrogens with one attached hydrogen (secondary N) is 3. The molecule has 0 aromatic heterocycles. The van der Waals surface area contributed by atoms with Crippen LogP contribution in [0.15, 0.2) is 48.5 Å². The third-order valence-corrected chi connectivity index (χ3v) is 3.39. The van der Waals surface area contributed by atoms with Crippen molar-refractivity contribution in [1.29, 1.82) is 0 Å². The molecular weight excluding hydrogens is 337 g/mol. The number of hydrogen-bond acceptors (Lipinski definition) is 3. The van der Waals surface area contributed by atoms with E-state index < -0.39 is 6.03 Å². The van der Waals surface area contributed by atoms with E-state index in [1.54, 1.807) is 36.4 Å². The molecule has 2 aromatic rings. The Hall–Kier alpha value is -3.09. The molecule has 7 heteroatoms. The maximum Gasteiger partial charge on any atom is 0.319 e. The van der Waals surface area contributed by atoms with E-state index >= 15 is 0 Å². The molecule has 0 aliphatic carbocycles. The number of benzene rings is 2. The molecule has 0 bridgehead atoms. The summed E-state index contributed by atoms with van der Waals surface area (Å²) in [6.45, 7) is 2.72. The summed E-state index contributed by atoms with van der Waals surface area (Å²) in [5.41, 5.74) is 1.37. The van der Waals surface area contributed by atoms with Crippen molar-refractivity contribution in [3.05, 3.63) is 59.9 Å². The van der Waals surface area contributed by atoms with Crippen molar-refractivity contribution in [2.45, 2.75) is 20.0 Å². The summed E-state index contributed by atoms with van der Waals surface area (Å²) in [4.78, 5) is 23.3. The van der Waals surface area contributed by atoms with Gasteiger partial charge in [-0.25, -0.2) is 9.18 Å². The van der Waals surface area contributed by atoms with Gasteiger partial charge in [-0.15, -0.1) is 0 Å². The second kappa shape index (κ2) is 10.0. The minimum atomic E-state index is -0.479. The van der Waals surface area contributed by atoms with Gasteiger partial charge in [-0.05, 0) is 36.2 Å². The highest BCUT2D eigenvalue weighted by atomic mass is 19.1. The lowest BCUT2D eigenvalue weighted by atomic mass is 10.2. The van der Waals surface area contributed by atoms with Gasteiger partial charge in [0.05, 0.1) is 6.54 Å². The second-order valence-electron chi connectivity index (χ2n) is 5.60. The Morgan fingerprint density at radius 1 is 1.08 bits per heavy atom. The SMILES string of the molecule is CCCNC(=O)CNC(=O)Nc1cccc(OCc2ccc(F)cc2)c1. The molecule has 0 aliphatic rings. The standard InChI is InChI=1S/C19H22FN3O3/c1-2-10-21-18(24)12-22-19(25)23-16-4-3-5-17(11-16)26-13-14-6-8-15(20)9-7-14/h3-9,11H,2,10,12-13H2,1H3,(H,21,24)(H2,22,23,25). The van der Waals surface area contributed by atoms with E-state index in [-0.39, 0.29) is 24.9 Å². The summed E-state index contributed by atoms with van der Waals surface area (Å²) < 4.78 is 18.5. The molecule has 0 spiro atoms. The quantitative estimate of drug-likeness (QED) is 0.678. The van der Waals surface area contributed by atoms with E-state index in [4.69, 9.17) is 4.74 Å². The first-order valence-corrected chi connectivity index (χ1v) is 8.35. The Morgan fingerprint density at radius 3 is 2.58 bits per heavy atom. The van der Waals surface area contributed by atoms with E-state index in [0.29, 0.717) is 18.0 Å². The lowest BCUT2D eigenvalue weighted by Gasteiger charge is -2.10. The van der Waals surface area contributed by atoms with Crippen LogP contribution < -0.4 is 20.7 Å². The van der Waals surface area contributed by atoms with Gasteiger partial charge in [-0.2, -0.15) is 0 Å². The van der Waals surface area contributed by atoms with Crippen LogP contribution in [-0.2, 0) is 11.4 Å². The molecule has 0 aliphatic heterocycles. The molecule has 6 nitrogen and oxygen atoms in total. The number of hydrogen-bond donors (Lipinski definition) is 3. The average molecular weight is 359 g/mol. The maximum absolute atomic E-state index is 12.9. The molecule has 0 fully saturated rings. The third-order valence-electron chi connectivity index (χ3n) is 3.39. The third kappa shape index (κ3) is 6.80. The summed E-state index contributed by atoms with van der Waals surface area (Å²) in [6.07, 6.45) is 0.836. The van der Waals surface area contributed by atoms with Crippen molar-refractivity contribution in [3.63, 3.8) is 0 Å². The molecule has 2 rings (SSSR count). The zero-order valence-corrected chi connectivity index (χ0v) is 14.5. The van der Waals surface area contributed by atoms with Crippen molar-refractivity contribution in [3.8, 4) is 5.75 Å². The van der Waals surface area contributed by atoms with Gasteiger partial charge in [-0.1, -0.05) is 25.1 Å². The zero-order chi connectivity index (χ0) is 18.8. The summed E-state index contributed by atoms with van der Waals surface area (Å²) >= 11 is 0. The van der Waals surface area contributed by atoms with E-state index in [9.17, 15) is 14.0 Å². The number of anilines is 1. The van der Waals surface area contributed by atoms with Crippen LogP contribution >= 0.6 is 0 Å². The molecule has 0 atom stereocenters.